The summed E-state index contributed by atoms with van der Waals surface area (Å²) in [6.45, 7) is 0. The second-order valence-corrected chi connectivity index (χ2v) is 5.37. The molecule has 5 heteroatoms. The van der Waals surface area contributed by atoms with Gasteiger partial charge in [-0.25, -0.2) is 0 Å². The molecule has 2 nitrogen and oxygen atoms in total. The highest BCUT2D eigenvalue weighted by Gasteiger charge is 2.04. The molecule has 0 aliphatic carbocycles. The van der Waals surface area contributed by atoms with Gasteiger partial charge >= 0.3 is 0 Å². The van der Waals surface area contributed by atoms with Crippen molar-refractivity contribution >= 4 is 50.5 Å². The molecule has 0 fully saturated rings. The molecular weight excluding hydrogens is 335 g/mol. The van der Waals surface area contributed by atoms with Gasteiger partial charge in [0.2, 0.25) is 0 Å². The fraction of sp³-hybridized carbons (Fsp3) is 0. The number of halogens is 3. The number of anilines is 2. The SMILES string of the molecule is N#Cc1ccc(Br)cc1Nc1cc(Cl)cc(Cl)c1. The van der Waals surface area contributed by atoms with E-state index in [9.17, 15) is 0 Å². The average molecular weight is 342 g/mol. The Bertz CT molecular complexity index is 615. The standard InChI is InChI=1S/C13H7BrCl2N2/c14-9-2-1-8(7-17)13(3-9)18-12-5-10(15)4-11(16)6-12/h1-6,18H. The summed E-state index contributed by atoms with van der Waals surface area (Å²) in [5.41, 5.74) is 1.99. The van der Waals surface area contributed by atoms with E-state index in [1.165, 1.54) is 0 Å². The van der Waals surface area contributed by atoms with Crippen LogP contribution in [0.4, 0.5) is 11.4 Å². The summed E-state index contributed by atoms with van der Waals surface area (Å²) in [6.07, 6.45) is 0. The third kappa shape index (κ3) is 3.17. The maximum atomic E-state index is 9.04. The van der Waals surface area contributed by atoms with Crippen LogP contribution in [0, 0.1) is 11.3 Å². The summed E-state index contributed by atoms with van der Waals surface area (Å²) in [5.74, 6) is 0. The summed E-state index contributed by atoms with van der Waals surface area (Å²) < 4.78 is 0.886. The largest absolute Gasteiger partial charge is 0.354 e. The quantitative estimate of drug-likeness (QED) is 0.796. The first-order valence-electron chi connectivity index (χ1n) is 5.01. The molecule has 0 amide bonds. The van der Waals surface area contributed by atoms with E-state index in [-0.39, 0.29) is 0 Å². The molecule has 0 radical (unpaired) electrons. The first kappa shape index (κ1) is 13.2. The lowest BCUT2D eigenvalue weighted by atomic mass is 10.2. The summed E-state index contributed by atoms with van der Waals surface area (Å²) >= 11 is 15.2. The van der Waals surface area contributed by atoms with Crippen molar-refractivity contribution < 1.29 is 0 Å². The lowest BCUT2D eigenvalue weighted by Gasteiger charge is -2.09. The number of rotatable bonds is 2. The minimum atomic E-state index is 0.540. The van der Waals surface area contributed by atoms with E-state index in [4.69, 9.17) is 28.5 Å². The van der Waals surface area contributed by atoms with Crippen LogP contribution in [0.3, 0.4) is 0 Å². The zero-order chi connectivity index (χ0) is 13.1. The van der Waals surface area contributed by atoms with Gasteiger partial charge in [-0.15, -0.1) is 0 Å². The molecule has 1 N–H and O–H groups in total. The van der Waals surface area contributed by atoms with Crippen molar-refractivity contribution in [3.05, 3.63) is 56.5 Å². The summed E-state index contributed by atoms with van der Waals surface area (Å²) in [4.78, 5) is 0. The normalized spacial score (nSPS) is 9.89. The van der Waals surface area contributed by atoms with Gasteiger partial charge in [0.15, 0.2) is 0 Å². The van der Waals surface area contributed by atoms with Crippen molar-refractivity contribution in [2.75, 3.05) is 5.32 Å². The molecule has 0 spiro atoms. The zero-order valence-corrected chi connectivity index (χ0v) is 12.1. The fourth-order valence-corrected chi connectivity index (χ4v) is 2.39. The van der Waals surface area contributed by atoms with E-state index in [1.54, 1.807) is 24.3 Å². The van der Waals surface area contributed by atoms with Crippen molar-refractivity contribution in [2.45, 2.75) is 0 Å². The molecule has 0 aromatic heterocycles. The monoisotopic (exact) mass is 340 g/mol. The van der Waals surface area contributed by atoms with Crippen LogP contribution in [0.1, 0.15) is 5.56 Å². The van der Waals surface area contributed by atoms with Crippen LogP contribution < -0.4 is 5.32 Å². The molecule has 0 saturated carbocycles. The van der Waals surface area contributed by atoms with Crippen LogP contribution in [-0.2, 0) is 0 Å². The molecule has 2 aromatic carbocycles. The predicted molar refractivity (Wildman–Crippen MR) is 78.6 cm³/mol. The third-order valence-corrected chi connectivity index (χ3v) is 3.17. The van der Waals surface area contributed by atoms with Crippen molar-refractivity contribution in [1.29, 1.82) is 5.26 Å². The third-order valence-electron chi connectivity index (χ3n) is 2.24. The van der Waals surface area contributed by atoms with Crippen molar-refractivity contribution in [1.82, 2.24) is 0 Å². The molecule has 0 atom stereocenters. The van der Waals surface area contributed by atoms with Crippen LogP contribution in [-0.4, -0.2) is 0 Å². The molecule has 0 heterocycles. The van der Waals surface area contributed by atoms with Crippen molar-refractivity contribution in [3.8, 4) is 6.07 Å². The molecule has 0 aliphatic rings. The molecular formula is C13H7BrCl2N2. The van der Waals surface area contributed by atoms with Gasteiger partial charge in [0.25, 0.3) is 0 Å². The maximum Gasteiger partial charge on any atom is 0.101 e. The molecule has 0 saturated heterocycles. The second-order valence-electron chi connectivity index (χ2n) is 3.58. The first-order valence-corrected chi connectivity index (χ1v) is 6.56. The van der Waals surface area contributed by atoms with Gasteiger partial charge in [-0.05, 0) is 36.4 Å². The second kappa shape index (κ2) is 5.62. The van der Waals surface area contributed by atoms with Crippen LogP contribution in [0.5, 0.6) is 0 Å². The number of hydrogen-bond acceptors (Lipinski definition) is 2. The first-order chi connectivity index (χ1) is 8.58. The Balaban J connectivity index is 2.39. The number of nitrogens with zero attached hydrogens (tertiary/aromatic N) is 1. The highest BCUT2D eigenvalue weighted by molar-refractivity contribution is 9.10. The van der Waals surface area contributed by atoms with Gasteiger partial charge in [0, 0.05) is 20.2 Å². The van der Waals surface area contributed by atoms with Gasteiger partial charge in [-0.2, -0.15) is 5.26 Å². The lowest BCUT2D eigenvalue weighted by Crippen LogP contribution is -1.93. The summed E-state index contributed by atoms with van der Waals surface area (Å²) in [6, 6.07) is 12.6. The molecule has 2 rings (SSSR count). The van der Waals surface area contributed by atoms with E-state index < -0.39 is 0 Å². The van der Waals surface area contributed by atoms with Crippen LogP contribution in [0.25, 0.3) is 0 Å². The van der Waals surface area contributed by atoms with Crippen LogP contribution in [0.2, 0.25) is 10.0 Å². The Morgan fingerprint density at radius 2 is 1.72 bits per heavy atom. The smallest absolute Gasteiger partial charge is 0.101 e. The lowest BCUT2D eigenvalue weighted by molar-refractivity contribution is 1.45. The van der Waals surface area contributed by atoms with Gasteiger partial charge in [0.1, 0.15) is 6.07 Å². The Labute approximate surface area is 123 Å². The number of nitriles is 1. The van der Waals surface area contributed by atoms with Crippen molar-refractivity contribution in [3.63, 3.8) is 0 Å². The molecule has 90 valence electrons. The maximum absolute atomic E-state index is 9.04. The van der Waals surface area contributed by atoms with E-state index in [2.05, 4.69) is 27.3 Å². The van der Waals surface area contributed by atoms with Crippen molar-refractivity contribution in [2.24, 2.45) is 0 Å². The van der Waals surface area contributed by atoms with Gasteiger partial charge in [0.05, 0.1) is 11.3 Å². The number of benzene rings is 2. The molecule has 0 bridgehead atoms. The highest BCUT2D eigenvalue weighted by atomic mass is 79.9. The Hall–Kier alpha value is -1.21. The van der Waals surface area contributed by atoms with E-state index in [1.807, 2.05) is 12.1 Å². The van der Waals surface area contributed by atoms with Gasteiger partial charge in [-0.1, -0.05) is 39.1 Å². The Kier molecular flexibility index (Phi) is 4.13. The number of nitrogens with one attached hydrogen (secondary N) is 1. The number of hydrogen-bond donors (Lipinski definition) is 1. The predicted octanol–water partition coefficient (Wildman–Crippen LogP) is 5.37. The van der Waals surface area contributed by atoms with Gasteiger partial charge < -0.3 is 5.32 Å². The minimum Gasteiger partial charge on any atom is -0.354 e. The van der Waals surface area contributed by atoms with Crippen LogP contribution >= 0.6 is 39.1 Å². The Morgan fingerprint density at radius 3 is 2.33 bits per heavy atom. The molecule has 0 unspecified atom stereocenters. The highest BCUT2D eigenvalue weighted by Crippen LogP contribution is 2.28. The van der Waals surface area contributed by atoms with E-state index in [0.29, 0.717) is 21.3 Å². The molecule has 18 heavy (non-hydrogen) atoms. The fourth-order valence-electron chi connectivity index (χ4n) is 1.50. The zero-order valence-electron chi connectivity index (χ0n) is 9.05. The summed E-state index contributed by atoms with van der Waals surface area (Å²) in [7, 11) is 0. The molecule has 0 aliphatic heterocycles. The van der Waals surface area contributed by atoms with E-state index in [0.717, 1.165) is 10.2 Å². The van der Waals surface area contributed by atoms with E-state index >= 15 is 0 Å². The Morgan fingerprint density at radius 1 is 1.06 bits per heavy atom. The average Bonchev–Trinajstić information content (AvgIpc) is 2.27. The van der Waals surface area contributed by atoms with Gasteiger partial charge in [-0.3, -0.25) is 0 Å². The molecule has 2 aromatic rings. The topological polar surface area (TPSA) is 35.8 Å². The van der Waals surface area contributed by atoms with Crippen LogP contribution in [0.15, 0.2) is 40.9 Å². The minimum absolute atomic E-state index is 0.540. The summed E-state index contributed by atoms with van der Waals surface area (Å²) in [5, 5.41) is 13.2.